The minimum absolute atomic E-state index is 0.0379. The van der Waals surface area contributed by atoms with Gasteiger partial charge in [0.25, 0.3) is 0 Å². The van der Waals surface area contributed by atoms with Gasteiger partial charge in [0.1, 0.15) is 5.82 Å². The van der Waals surface area contributed by atoms with Gasteiger partial charge in [-0.15, -0.1) is 0 Å². The highest BCUT2D eigenvalue weighted by atomic mass is 35.5. The quantitative estimate of drug-likeness (QED) is 0.828. The van der Waals surface area contributed by atoms with Gasteiger partial charge in [-0.25, -0.2) is 4.39 Å². The minimum Gasteiger partial charge on any atom is -0.383 e. The van der Waals surface area contributed by atoms with E-state index in [-0.39, 0.29) is 17.1 Å². The summed E-state index contributed by atoms with van der Waals surface area (Å²) < 4.78 is 18.4. The van der Waals surface area contributed by atoms with Crippen molar-refractivity contribution >= 4 is 23.2 Å². The van der Waals surface area contributed by atoms with E-state index in [0.717, 1.165) is 0 Å². The third-order valence-electron chi connectivity index (χ3n) is 2.46. The number of halogens is 3. The summed E-state index contributed by atoms with van der Waals surface area (Å²) in [6.07, 6.45) is 0. The summed E-state index contributed by atoms with van der Waals surface area (Å²) in [6, 6.07) is 2.87. The fraction of sp³-hybridized carbons (Fsp3) is 0.500. The number of rotatable bonds is 5. The first-order chi connectivity index (χ1) is 7.95. The van der Waals surface area contributed by atoms with Gasteiger partial charge in [0, 0.05) is 24.2 Å². The third kappa shape index (κ3) is 4.11. The number of ether oxygens (including phenoxy) is 1. The molecule has 0 aliphatic rings. The minimum atomic E-state index is -0.459. The fourth-order valence-electron chi connectivity index (χ4n) is 1.68. The third-order valence-corrected chi connectivity index (χ3v) is 3.07. The van der Waals surface area contributed by atoms with Crippen LogP contribution in [0.25, 0.3) is 0 Å². The lowest BCUT2D eigenvalue weighted by molar-refractivity contribution is 0.167. The van der Waals surface area contributed by atoms with Gasteiger partial charge in [0.2, 0.25) is 0 Å². The average Bonchev–Trinajstić information content (AvgIpc) is 2.23. The van der Waals surface area contributed by atoms with Crippen molar-refractivity contribution in [2.24, 2.45) is 0 Å². The summed E-state index contributed by atoms with van der Waals surface area (Å²) in [7, 11) is 1.64. The first-order valence-electron chi connectivity index (χ1n) is 5.35. The lowest BCUT2D eigenvalue weighted by Gasteiger charge is -2.21. The van der Waals surface area contributed by atoms with E-state index in [9.17, 15) is 4.39 Å². The zero-order valence-electron chi connectivity index (χ0n) is 10.1. The van der Waals surface area contributed by atoms with E-state index in [2.05, 4.69) is 5.32 Å². The van der Waals surface area contributed by atoms with E-state index in [0.29, 0.717) is 17.2 Å². The molecule has 0 radical (unpaired) electrons. The summed E-state index contributed by atoms with van der Waals surface area (Å²) in [5.41, 5.74) is 0.691. The van der Waals surface area contributed by atoms with Gasteiger partial charge in [0.05, 0.1) is 11.6 Å². The van der Waals surface area contributed by atoms with Gasteiger partial charge >= 0.3 is 0 Å². The van der Waals surface area contributed by atoms with Gasteiger partial charge in [-0.3, -0.25) is 0 Å². The first-order valence-corrected chi connectivity index (χ1v) is 6.10. The number of hydrogen-bond donors (Lipinski definition) is 1. The first kappa shape index (κ1) is 14.7. The number of nitrogens with one attached hydrogen (secondary N) is 1. The molecule has 0 fully saturated rings. The van der Waals surface area contributed by atoms with E-state index in [4.69, 9.17) is 27.9 Å². The van der Waals surface area contributed by atoms with Crippen LogP contribution in [-0.4, -0.2) is 19.8 Å². The van der Waals surface area contributed by atoms with Crippen LogP contribution in [-0.2, 0) is 4.74 Å². The highest BCUT2D eigenvalue weighted by Crippen LogP contribution is 2.28. The highest BCUT2D eigenvalue weighted by Gasteiger charge is 2.15. The van der Waals surface area contributed by atoms with E-state index < -0.39 is 5.82 Å². The smallest absolute Gasteiger partial charge is 0.142 e. The molecule has 2 unspecified atom stereocenters. The maximum atomic E-state index is 13.4. The van der Waals surface area contributed by atoms with Crippen LogP contribution in [0.5, 0.6) is 0 Å². The largest absolute Gasteiger partial charge is 0.383 e. The van der Waals surface area contributed by atoms with Crippen LogP contribution in [0.1, 0.15) is 25.5 Å². The molecule has 96 valence electrons. The van der Waals surface area contributed by atoms with Crippen molar-refractivity contribution in [3.05, 3.63) is 33.6 Å². The monoisotopic (exact) mass is 279 g/mol. The van der Waals surface area contributed by atoms with E-state index in [1.54, 1.807) is 7.11 Å². The Morgan fingerprint density at radius 1 is 1.29 bits per heavy atom. The van der Waals surface area contributed by atoms with Gasteiger partial charge in [0.15, 0.2) is 0 Å². The average molecular weight is 280 g/mol. The van der Waals surface area contributed by atoms with Gasteiger partial charge in [-0.05, 0) is 31.5 Å². The second-order valence-electron chi connectivity index (χ2n) is 4.03. The molecule has 0 saturated carbocycles. The zero-order chi connectivity index (χ0) is 13.0. The van der Waals surface area contributed by atoms with Crippen LogP contribution in [0.2, 0.25) is 10.0 Å². The Bertz CT molecular complexity index is 387. The van der Waals surface area contributed by atoms with Gasteiger partial charge in [-0.2, -0.15) is 0 Å². The van der Waals surface area contributed by atoms with E-state index >= 15 is 0 Å². The molecular weight excluding hydrogens is 264 g/mol. The Hall–Kier alpha value is -0.350. The van der Waals surface area contributed by atoms with Crippen molar-refractivity contribution in [1.29, 1.82) is 0 Å². The maximum absolute atomic E-state index is 13.4. The summed E-state index contributed by atoms with van der Waals surface area (Å²) in [4.78, 5) is 0. The predicted molar refractivity (Wildman–Crippen MR) is 69.3 cm³/mol. The Kier molecular flexibility index (Phi) is 5.67. The summed E-state index contributed by atoms with van der Waals surface area (Å²) >= 11 is 11.7. The van der Waals surface area contributed by atoms with Gasteiger partial charge in [-0.1, -0.05) is 23.2 Å². The molecule has 0 aliphatic heterocycles. The van der Waals surface area contributed by atoms with Crippen molar-refractivity contribution in [1.82, 2.24) is 5.32 Å². The zero-order valence-corrected chi connectivity index (χ0v) is 11.6. The normalized spacial score (nSPS) is 14.7. The van der Waals surface area contributed by atoms with Crippen LogP contribution in [0, 0.1) is 5.82 Å². The van der Waals surface area contributed by atoms with Crippen molar-refractivity contribution in [2.75, 3.05) is 13.7 Å². The molecule has 1 rings (SSSR count). The SMILES string of the molecule is COCC(C)NC(C)c1cc(F)c(Cl)cc1Cl. The number of methoxy groups -OCH3 is 1. The Morgan fingerprint density at radius 2 is 1.94 bits per heavy atom. The van der Waals surface area contributed by atoms with E-state index in [1.165, 1.54) is 12.1 Å². The maximum Gasteiger partial charge on any atom is 0.142 e. The molecule has 0 amide bonds. The lowest BCUT2D eigenvalue weighted by atomic mass is 10.1. The summed E-state index contributed by atoms with van der Waals surface area (Å²) in [6.45, 7) is 4.49. The molecule has 1 aromatic carbocycles. The molecule has 1 aromatic rings. The predicted octanol–water partition coefficient (Wildman–Crippen LogP) is 3.82. The van der Waals surface area contributed by atoms with Crippen molar-refractivity contribution < 1.29 is 9.13 Å². The van der Waals surface area contributed by atoms with E-state index in [1.807, 2.05) is 13.8 Å². The molecule has 1 N–H and O–H groups in total. The second-order valence-corrected chi connectivity index (χ2v) is 4.85. The molecule has 5 heteroatoms. The van der Waals surface area contributed by atoms with Crippen LogP contribution in [0.3, 0.4) is 0 Å². The fourth-order valence-corrected chi connectivity index (χ4v) is 2.23. The molecule has 0 spiro atoms. The molecular formula is C12H16Cl2FNO. The molecule has 0 bridgehead atoms. The standard InChI is InChI=1S/C12H16Cl2FNO/c1-7(6-17-3)16-8(2)9-4-12(15)11(14)5-10(9)13/h4-5,7-8,16H,6H2,1-3H3. The summed E-state index contributed by atoms with van der Waals surface area (Å²) in [5, 5.41) is 3.76. The molecule has 0 aromatic heterocycles. The molecule has 0 heterocycles. The highest BCUT2D eigenvalue weighted by molar-refractivity contribution is 6.35. The number of hydrogen-bond acceptors (Lipinski definition) is 2. The van der Waals surface area contributed by atoms with Crippen LogP contribution in [0.4, 0.5) is 4.39 Å². The molecule has 0 saturated heterocycles. The topological polar surface area (TPSA) is 21.3 Å². The van der Waals surface area contributed by atoms with Crippen molar-refractivity contribution in [2.45, 2.75) is 25.9 Å². The molecule has 2 atom stereocenters. The van der Waals surface area contributed by atoms with Gasteiger partial charge < -0.3 is 10.1 Å². The molecule has 0 aliphatic carbocycles. The van der Waals surface area contributed by atoms with Crippen LogP contribution < -0.4 is 5.32 Å². The Morgan fingerprint density at radius 3 is 2.53 bits per heavy atom. The molecule has 2 nitrogen and oxygen atoms in total. The Balaban J connectivity index is 2.81. The van der Waals surface area contributed by atoms with Crippen LogP contribution >= 0.6 is 23.2 Å². The second kappa shape index (κ2) is 6.55. The number of benzene rings is 1. The van der Waals surface area contributed by atoms with Crippen LogP contribution in [0.15, 0.2) is 12.1 Å². The van der Waals surface area contributed by atoms with Crippen molar-refractivity contribution in [3.63, 3.8) is 0 Å². The van der Waals surface area contributed by atoms with Crippen molar-refractivity contribution in [3.8, 4) is 0 Å². The summed E-state index contributed by atoms with van der Waals surface area (Å²) in [5.74, 6) is -0.459. The lowest BCUT2D eigenvalue weighted by Crippen LogP contribution is -2.32. The Labute approximate surface area is 111 Å². The molecule has 17 heavy (non-hydrogen) atoms.